The van der Waals surface area contributed by atoms with Crippen LogP contribution in [0.25, 0.3) is 108 Å². The molecule has 0 amide bonds. The van der Waals surface area contributed by atoms with Gasteiger partial charge in [0.15, 0.2) is 0 Å². The molecule has 0 heteroatoms. The molecule has 12 aromatic carbocycles. The van der Waals surface area contributed by atoms with Crippen LogP contribution in [0.3, 0.4) is 0 Å². The van der Waals surface area contributed by atoms with Crippen molar-refractivity contribution >= 4 is 108 Å². The van der Waals surface area contributed by atoms with Gasteiger partial charge in [-0.1, -0.05) is 0 Å². The van der Waals surface area contributed by atoms with Crippen molar-refractivity contribution in [3.63, 3.8) is 0 Å². The fourth-order valence-corrected chi connectivity index (χ4v) is 7.50. The SMILES string of the molecule is c12c3c4c5c1c1c6c2c2c3c3c4c4c5c1c1c6c2c3c41. The molecule has 0 aliphatic rings. The summed E-state index contributed by atoms with van der Waals surface area (Å²) >= 11 is 0. The van der Waals surface area contributed by atoms with Crippen LogP contribution < -0.4 is 0 Å². The van der Waals surface area contributed by atoms with E-state index in [1.807, 2.05) is 0 Å². The molecule has 0 saturated carbocycles. The topological polar surface area (TPSA) is 0 Å². The van der Waals surface area contributed by atoms with Crippen molar-refractivity contribution in [3.8, 4) is 0 Å². The van der Waals surface area contributed by atoms with Crippen LogP contribution in [0.1, 0.15) is 0 Å². The number of rotatable bonds is 0. The van der Waals surface area contributed by atoms with Crippen molar-refractivity contribution < 1.29 is 0 Å². The first-order valence-electron chi connectivity index (χ1n) is 7.50. The zero-order valence-electron chi connectivity index (χ0n) is 10.0. The van der Waals surface area contributed by atoms with E-state index < -0.39 is 0 Å². The summed E-state index contributed by atoms with van der Waals surface area (Å²) in [4.78, 5) is 0. The van der Waals surface area contributed by atoms with E-state index in [4.69, 9.17) is 0 Å². The molecule has 0 heterocycles. The zero-order chi connectivity index (χ0) is 11.5. The van der Waals surface area contributed by atoms with Gasteiger partial charge in [-0.2, -0.15) is 0 Å². The molecule has 0 saturated heterocycles. The maximum absolute atomic E-state index is 1.67. The number of hydrogen-bond acceptors (Lipinski definition) is 0. The van der Waals surface area contributed by atoms with Gasteiger partial charge in [-0.25, -0.2) is 0 Å². The summed E-state index contributed by atoms with van der Waals surface area (Å²) in [7, 11) is 0. The van der Waals surface area contributed by atoms with E-state index in [1.54, 1.807) is 108 Å². The Morgan fingerprint density at radius 1 is 0.100 bits per heavy atom. The quantitative estimate of drug-likeness (QED) is 0.309. The summed E-state index contributed by atoms with van der Waals surface area (Å²) in [5.41, 5.74) is 0. The minimum Gasteiger partial charge on any atom is 0 e. The molecule has 20 heavy (non-hydrogen) atoms. The van der Waals surface area contributed by atoms with E-state index in [-0.39, 0.29) is 0 Å². The second-order valence-electron chi connectivity index (χ2n) is 7.50. The van der Waals surface area contributed by atoms with E-state index >= 15 is 0 Å². The van der Waals surface area contributed by atoms with Crippen LogP contribution in [0.5, 0.6) is 0 Å². The Kier molecular flexibility index (Phi) is 0.368. The zero-order valence-corrected chi connectivity index (χ0v) is 10.0. The Morgan fingerprint density at radius 2 is 0.150 bits per heavy atom. The summed E-state index contributed by atoms with van der Waals surface area (Å²) in [6.45, 7) is 0. The van der Waals surface area contributed by atoms with Crippen molar-refractivity contribution in [1.82, 2.24) is 0 Å². The van der Waals surface area contributed by atoms with Gasteiger partial charge >= 0.3 is 0 Å². The third kappa shape index (κ3) is 0.232. The maximum atomic E-state index is 1.67. The first-order valence-corrected chi connectivity index (χ1v) is 7.50. The van der Waals surface area contributed by atoms with Crippen LogP contribution >= 0.6 is 0 Å². The molecule has 0 aromatic heterocycles. The van der Waals surface area contributed by atoms with Crippen molar-refractivity contribution in [2.24, 2.45) is 0 Å². The van der Waals surface area contributed by atoms with E-state index in [1.165, 1.54) is 0 Å². The van der Waals surface area contributed by atoms with Gasteiger partial charge < -0.3 is 0 Å². The van der Waals surface area contributed by atoms with Crippen LogP contribution in [0.2, 0.25) is 0 Å². The molecule has 12 aromatic rings. The van der Waals surface area contributed by atoms with Crippen LogP contribution in [0, 0.1) is 0 Å². The molecule has 0 aliphatic carbocycles. The average Bonchev–Trinajstić information content (AvgIpc) is 3.07. The Balaban J connectivity index is 2.25. The van der Waals surface area contributed by atoms with E-state index in [2.05, 4.69) is 0 Å². The highest BCUT2D eigenvalue weighted by Crippen LogP contribution is 2.76. The minimum atomic E-state index is 1.67. The maximum Gasteiger partial charge on any atom is 0 e. The monoisotopic (exact) mass is 240 g/mol. The van der Waals surface area contributed by atoms with Gasteiger partial charge in [-0.05, 0) is 0 Å². The second kappa shape index (κ2) is 1.18. The largest absolute Gasteiger partial charge is 0 e. The lowest BCUT2D eigenvalue weighted by Crippen LogP contribution is -1.53. The molecule has 0 spiro atoms. The van der Waals surface area contributed by atoms with Crippen molar-refractivity contribution in [2.75, 3.05) is 0 Å². The lowest BCUT2D eigenvalue weighted by Gasteiger charge is -1.82. The molecular weight excluding hydrogens is 240 g/mol. The molecule has 0 radical (unpaired) electrons. The first kappa shape index (κ1) is 6.23. The predicted molar refractivity (Wildman–Crippen MR) is 86.9 cm³/mol. The second-order valence-corrected chi connectivity index (χ2v) is 7.50. The first-order chi connectivity index (χ1) is 10.0. The third-order valence-electron chi connectivity index (χ3n) is 7.50. The molecule has 80 valence electrons. The highest BCUT2D eigenvalue weighted by Gasteiger charge is 2.47. The summed E-state index contributed by atoms with van der Waals surface area (Å²) in [6.07, 6.45) is 0. The van der Waals surface area contributed by atoms with Gasteiger partial charge in [0.05, 0.1) is 0 Å². The molecule has 0 nitrogen and oxygen atoms in total. The summed E-state index contributed by atoms with van der Waals surface area (Å²) in [5.74, 6) is 0. The number of hydrogen-bond donors (Lipinski definition) is 0. The fourth-order valence-electron chi connectivity index (χ4n) is 7.50. The molecule has 0 atom stereocenters. The lowest BCUT2D eigenvalue weighted by atomic mass is 10.2. The van der Waals surface area contributed by atoms with E-state index in [9.17, 15) is 0 Å². The third-order valence-corrected chi connectivity index (χ3v) is 7.50. The molecule has 12 rings (SSSR count). The highest BCUT2D eigenvalue weighted by molar-refractivity contribution is 6.81. The van der Waals surface area contributed by atoms with Gasteiger partial charge in [-0.15, -0.1) is 0 Å². The Labute approximate surface area is 108 Å². The van der Waals surface area contributed by atoms with Gasteiger partial charge in [0.1, 0.15) is 0 Å². The van der Waals surface area contributed by atoms with Crippen molar-refractivity contribution in [1.29, 1.82) is 0 Å². The normalized spacial score (nSPS) is 18.0. The summed E-state index contributed by atoms with van der Waals surface area (Å²) < 4.78 is 0. The molecule has 0 aliphatic heterocycles. The van der Waals surface area contributed by atoms with Crippen molar-refractivity contribution in [3.05, 3.63) is 0 Å². The standard InChI is InChI=1S/C20/c1-2-5-7-3(1)9-10-4(1)8-6(2)12-11(5)17-13(7)15(9)19-16(10)14(8)18(12)20(17)19. The van der Waals surface area contributed by atoms with Gasteiger partial charge in [0.25, 0.3) is 0 Å². The lowest BCUT2D eigenvalue weighted by molar-refractivity contribution is 2.52. The molecule has 0 unspecified atom stereocenters. The van der Waals surface area contributed by atoms with Crippen LogP contribution in [-0.2, 0) is 0 Å². The van der Waals surface area contributed by atoms with Crippen LogP contribution in [-0.4, -0.2) is 0 Å². The van der Waals surface area contributed by atoms with Gasteiger partial charge in [0, 0.05) is 108 Å². The van der Waals surface area contributed by atoms with Crippen molar-refractivity contribution in [2.45, 2.75) is 0 Å². The molecule has 0 N–H and O–H groups in total. The molecule has 0 bridgehead atoms. The average molecular weight is 240 g/mol. The highest BCUT2D eigenvalue weighted by atomic mass is 14.5. The molecular formula is C20. The Bertz CT molecular complexity index is 1110. The minimum absolute atomic E-state index is 1.67. The van der Waals surface area contributed by atoms with Crippen LogP contribution in [0.4, 0.5) is 0 Å². The van der Waals surface area contributed by atoms with Gasteiger partial charge in [-0.3, -0.25) is 0 Å². The Hall–Kier alpha value is -2.60. The predicted octanol–water partition coefficient (Wildman–Crippen LogP) is 5.91. The Morgan fingerprint density at radius 3 is 0.200 bits per heavy atom. The molecule has 0 fully saturated rings. The summed E-state index contributed by atoms with van der Waals surface area (Å²) in [6, 6.07) is 0. The van der Waals surface area contributed by atoms with E-state index in [0.29, 0.717) is 0 Å². The van der Waals surface area contributed by atoms with Crippen LogP contribution in [0.15, 0.2) is 0 Å². The van der Waals surface area contributed by atoms with Gasteiger partial charge in [0.2, 0.25) is 0 Å². The smallest absolute Gasteiger partial charge is 0 e. The van der Waals surface area contributed by atoms with E-state index in [0.717, 1.165) is 0 Å². The summed E-state index contributed by atoms with van der Waals surface area (Å²) in [5, 5.41) is 33.3. The fraction of sp³-hybridized carbons (Fsp3) is 0.